The average molecular weight is 174 g/mol. The number of rotatable bonds is 1. The van der Waals surface area contributed by atoms with Crippen LogP contribution in [0, 0.1) is 11.8 Å². The van der Waals surface area contributed by atoms with Crippen molar-refractivity contribution in [1.82, 2.24) is 0 Å². The smallest absolute Gasteiger partial charge is 0.0590 e. The highest BCUT2D eigenvalue weighted by Gasteiger charge is 2.23. The Morgan fingerprint density at radius 2 is 1.75 bits per heavy atom. The van der Waals surface area contributed by atoms with Gasteiger partial charge in [0.25, 0.3) is 0 Å². The summed E-state index contributed by atoms with van der Waals surface area (Å²) in [5.74, 6) is 1.01. The van der Waals surface area contributed by atoms with Gasteiger partial charge in [0.1, 0.15) is 0 Å². The summed E-state index contributed by atoms with van der Waals surface area (Å²) in [7, 11) is 0. The quantitative estimate of drug-likeness (QED) is 0.636. The molecule has 0 aromatic carbocycles. The van der Waals surface area contributed by atoms with Crippen molar-refractivity contribution < 1.29 is 10.2 Å². The predicted octanol–water partition coefficient (Wildman–Crippen LogP) is 1.80. The molecule has 74 valence electrons. The van der Waals surface area contributed by atoms with Crippen molar-refractivity contribution in [3.05, 3.63) is 0 Å². The minimum absolute atomic E-state index is 0.154. The summed E-state index contributed by atoms with van der Waals surface area (Å²) in [5.41, 5.74) is 0. The van der Waals surface area contributed by atoms with Gasteiger partial charge >= 0.3 is 0 Å². The Morgan fingerprint density at radius 3 is 1.92 bits per heavy atom. The molecular formula is C10H22O2. The van der Waals surface area contributed by atoms with E-state index in [9.17, 15) is 0 Å². The van der Waals surface area contributed by atoms with Gasteiger partial charge in [0.15, 0.2) is 0 Å². The van der Waals surface area contributed by atoms with E-state index in [-0.39, 0.29) is 18.6 Å². The molecule has 0 aliphatic heterocycles. The summed E-state index contributed by atoms with van der Waals surface area (Å²) < 4.78 is 0. The highest BCUT2D eigenvalue weighted by Crippen LogP contribution is 2.24. The molecule has 2 nitrogen and oxygen atoms in total. The molecule has 0 aromatic heterocycles. The van der Waals surface area contributed by atoms with Crippen LogP contribution < -0.4 is 0 Å². The largest absolute Gasteiger partial charge is 0.396 e. The van der Waals surface area contributed by atoms with E-state index in [0.717, 1.165) is 25.2 Å². The maximum absolute atomic E-state index is 9.03. The predicted molar refractivity (Wildman–Crippen MR) is 50.9 cm³/mol. The third-order valence-electron chi connectivity index (χ3n) is 1.85. The molecule has 1 fully saturated rings. The van der Waals surface area contributed by atoms with Gasteiger partial charge in [-0.2, -0.15) is 0 Å². The molecule has 0 aromatic rings. The van der Waals surface area contributed by atoms with E-state index in [1.807, 2.05) is 0 Å². The first-order valence-corrected chi connectivity index (χ1v) is 4.86. The fraction of sp³-hybridized carbons (Fsp3) is 1.00. The Balaban J connectivity index is 0.000000261. The third-order valence-corrected chi connectivity index (χ3v) is 1.85. The van der Waals surface area contributed by atoms with Gasteiger partial charge in [-0.1, -0.05) is 27.2 Å². The summed E-state index contributed by atoms with van der Waals surface area (Å²) in [6.45, 7) is 6.65. The van der Waals surface area contributed by atoms with Crippen LogP contribution in [0.4, 0.5) is 0 Å². The molecule has 0 heterocycles. The van der Waals surface area contributed by atoms with Gasteiger partial charge in [-0.15, -0.1) is 0 Å². The molecule has 0 amide bonds. The fourth-order valence-corrected chi connectivity index (χ4v) is 1.23. The van der Waals surface area contributed by atoms with Gasteiger partial charge in [-0.3, -0.25) is 0 Å². The van der Waals surface area contributed by atoms with Crippen LogP contribution in [0.5, 0.6) is 0 Å². The average Bonchev–Trinajstić information content (AvgIpc) is 2.33. The monoisotopic (exact) mass is 174 g/mol. The van der Waals surface area contributed by atoms with Crippen molar-refractivity contribution in [2.24, 2.45) is 11.8 Å². The van der Waals surface area contributed by atoms with Crippen molar-refractivity contribution in [3.63, 3.8) is 0 Å². The molecule has 12 heavy (non-hydrogen) atoms. The zero-order chi connectivity index (χ0) is 9.56. The fourth-order valence-electron chi connectivity index (χ4n) is 1.23. The van der Waals surface area contributed by atoms with Gasteiger partial charge in [0.05, 0.1) is 6.10 Å². The molecule has 0 saturated heterocycles. The second-order valence-electron chi connectivity index (χ2n) is 4.17. The molecule has 1 saturated carbocycles. The van der Waals surface area contributed by atoms with E-state index in [1.165, 1.54) is 0 Å². The van der Waals surface area contributed by atoms with Crippen molar-refractivity contribution in [2.45, 2.75) is 46.1 Å². The van der Waals surface area contributed by atoms with Crippen LogP contribution in [0.3, 0.4) is 0 Å². The highest BCUT2D eigenvalue weighted by molar-refractivity contribution is 4.75. The van der Waals surface area contributed by atoms with E-state index in [4.69, 9.17) is 10.2 Å². The molecule has 1 aliphatic carbocycles. The van der Waals surface area contributed by atoms with Gasteiger partial charge in [0, 0.05) is 12.5 Å². The van der Waals surface area contributed by atoms with Crippen LogP contribution in [-0.2, 0) is 0 Å². The van der Waals surface area contributed by atoms with Crippen LogP contribution in [0.1, 0.15) is 40.0 Å². The molecular weight excluding hydrogens is 152 g/mol. The summed E-state index contributed by atoms with van der Waals surface area (Å²) >= 11 is 0. The topological polar surface area (TPSA) is 40.5 Å². The number of hydrogen-bond donors (Lipinski definition) is 2. The normalized spacial score (nSPS) is 28.5. The van der Waals surface area contributed by atoms with Crippen molar-refractivity contribution in [2.75, 3.05) is 6.61 Å². The second kappa shape index (κ2) is 6.44. The lowest BCUT2D eigenvalue weighted by atomic mass is 10.1. The molecule has 1 aliphatic rings. The molecule has 2 atom stereocenters. The van der Waals surface area contributed by atoms with Crippen molar-refractivity contribution in [1.29, 1.82) is 0 Å². The Bertz CT molecular complexity index is 99.3. The Kier molecular flexibility index (Phi) is 6.39. The standard InChI is InChI=1S/C6H12O2.C4H10/c7-4-5-2-1-3-6(5)8;1-4(2)3/h5-8H,1-4H2;4H,1-3H3. The van der Waals surface area contributed by atoms with Crippen LogP contribution in [-0.4, -0.2) is 22.9 Å². The maximum atomic E-state index is 9.03. The number of hydrogen-bond acceptors (Lipinski definition) is 2. The molecule has 2 heteroatoms. The Morgan fingerprint density at radius 1 is 1.25 bits per heavy atom. The van der Waals surface area contributed by atoms with Gasteiger partial charge < -0.3 is 10.2 Å². The van der Waals surface area contributed by atoms with E-state index < -0.39 is 0 Å². The first kappa shape index (κ1) is 11.9. The van der Waals surface area contributed by atoms with E-state index in [2.05, 4.69) is 20.8 Å². The second-order valence-corrected chi connectivity index (χ2v) is 4.17. The molecule has 0 radical (unpaired) electrons. The first-order chi connectivity index (χ1) is 5.57. The lowest BCUT2D eigenvalue weighted by Gasteiger charge is -2.08. The molecule has 1 rings (SSSR count). The molecule has 2 N–H and O–H groups in total. The Hall–Kier alpha value is -0.0800. The zero-order valence-electron chi connectivity index (χ0n) is 8.45. The van der Waals surface area contributed by atoms with Gasteiger partial charge in [-0.25, -0.2) is 0 Å². The van der Waals surface area contributed by atoms with E-state index in [0.29, 0.717) is 0 Å². The number of aliphatic hydroxyl groups excluding tert-OH is 2. The minimum atomic E-state index is -0.222. The first-order valence-electron chi connectivity index (χ1n) is 4.86. The summed E-state index contributed by atoms with van der Waals surface area (Å²) in [6, 6.07) is 0. The van der Waals surface area contributed by atoms with E-state index >= 15 is 0 Å². The zero-order valence-corrected chi connectivity index (χ0v) is 8.45. The van der Waals surface area contributed by atoms with Crippen LogP contribution in [0.25, 0.3) is 0 Å². The van der Waals surface area contributed by atoms with Gasteiger partial charge in [0.2, 0.25) is 0 Å². The third kappa shape index (κ3) is 5.56. The van der Waals surface area contributed by atoms with Crippen LogP contribution >= 0.6 is 0 Å². The summed E-state index contributed by atoms with van der Waals surface area (Å²) in [5, 5.41) is 17.6. The molecule has 0 spiro atoms. The van der Waals surface area contributed by atoms with Crippen molar-refractivity contribution >= 4 is 0 Å². The minimum Gasteiger partial charge on any atom is -0.396 e. The van der Waals surface area contributed by atoms with Gasteiger partial charge in [-0.05, 0) is 18.8 Å². The SMILES string of the molecule is CC(C)C.OCC1CCCC1O. The lowest BCUT2D eigenvalue weighted by molar-refractivity contribution is 0.0909. The van der Waals surface area contributed by atoms with E-state index in [1.54, 1.807) is 0 Å². The highest BCUT2D eigenvalue weighted by atomic mass is 16.3. The maximum Gasteiger partial charge on any atom is 0.0590 e. The summed E-state index contributed by atoms with van der Waals surface area (Å²) in [6.07, 6.45) is 2.73. The molecule has 0 bridgehead atoms. The summed E-state index contributed by atoms with van der Waals surface area (Å²) in [4.78, 5) is 0. The van der Waals surface area contributed by atoms with Crippen LogP contribution in [0.2, 0.25) is 0 Å². The lowest BCUT2D eigenvalue weighted by Crippen LogP contribution is -2.16. The Labute approximate surface area is 75.6 Å². The number of aliphatic hydroxyl groups is 2. The van der Waals surface area contributed by atoms with Crippen molar-refractivity contribution in [3.8, 4) is 0 Å². The van der Waals surface area contributed by atoms with Crippen LogP contribution in [0.15, 0.2) is 0 Å². The molecule has 2 unspecified atom stereocenters.